The molecule has 1 unspecified atom stereocenters. The number of hydrogen-bond acceptors (Lipinski definition) is 2. The first-order valence-corrected chi connectivity index (χ1v) is 4.16. The summed E-state index contributed by atoms with van der Waals surface area (Å²) in [5.74, 6) is 0.536. The Morgan fingerprint density at radius 1 is 1.73 bits per heavy atom. The molecular formula is C9H15NO. The number of piperidine rings is 1. The molecule has 0 amide bonds. The van der Waals surface area contributed by atoms with Crippen molar-refractivity contribution in [1.29, 1.82) is 0 Å². The van der Waals surface area contributed by atoms with Crippen LogP contribution in [0.15, 0.2) is 12.2 Å². The monoisotopic (exact) mass is 153 g/mol. The fourth-order valence-corrected chi connectivity index (χ4v) is 1.47. The van der Waals surface area contributed by atoms with E-state index in [1.165, 1.54) is 12.8 Å². The summed E-state index contributed by atoms with van der Waals surface area (Å²) in [6, 6.07) is 0. The first-order chi connectivity index (χ1) is 5.34. The molecule has 11 heavy (non-hydrogen) atoms. The van der Waals surface area contributed by atoms with E-state index in [2.05, 4.69) is 11.9 Å². The van der Waals surface area contributed by atoms with E-state index in [0.717, 1.165) is 24.9 Å². The highest BCUT2D eigenvalue weighted by Crippen LogP contribution is 2.19. The van der Waals surface area contributed by atoms with Crippen molar-refractivity contribution in [2.75, 3.05) is 13.1 Å². The van der Waals surface area contributed by atoms with E-state index in [4.69, 9.17) is 0 Å². The maximum Gasteiger partial charge on any atom is 0.124 e. The number of hydrogen-bond donors (Lipinski definition) is 1. The Labute approximate surface area is 67.7 Å². The van der Waals surface area contributed by atoms with Crippen LogP contribution in [-0.2, 0) is 4.79 Å². The van der Waals surface area contributed by atoms with Crippen molar-refractivity contribution < 1.29 is 4.79 Å². The minimum absolute atomic E-state index is 0.534. The van der Waals surface area contributed by atoms with Crippen LogP contribution in [0.1, 0.15) is 19.3 Å². The summed E-state index contributed by atoms with van der Waals surface area (Å²) >= 11 is 0. The number of carbonyl (C=O) groups excluding carboxylic acids is 1. The van der Waals surface area contributed by atoms with Crippen LogP contribution in [0.2, 0.25) is 0 Å². The van der Waals surface area contributed by atoms with Gasteiger partial charge in [0, 0.05) is 13.0 Å². The number of aldehydes is 1. The van der Waals surface area contributed by atoms with Crippen molar-refractivity contribution in [3.05, 3.63) is 12.2 Å². The van der Waals surface area contributed by atoms with Crippen molar-refractivity contribution in [2.24, 2.45) is 5.92 Å². The van der Waals surface area contributed by atoms with Gasteiger partial charge in [0.05, 0.1) is 0 Å². The van der Waals surface area contributed by atoms with Gasteiger partial charge in [-0.3, -0.25) is 0 Å². The average molecular weight is 153 g/mol. The lowest BCUT2D eigenvalue weighted by Crippen LogP contribution is -2.30. The van der Waals surface area contributed by atoms with E-state index in [-0.39, 0.29) is 0 Å². The van der Waals surface area contributed by atoms with E-state index in [1.807, 2.05) is 0 Å². The Morgan fingerprint density at radius 2 is 2.55 bits per heavy atom. The molecule has 2 heteroatoms. The molecule has 1 aliphatic heterocycles. The molecule has 1 N–H and O–H groups in total. The molecule has 1 atom stereocenters. The summed E-state index contributed by atoms with van der Waals surface area (Å²) < 4.78 is 0. The summed E-state index contributed by atoms with van der Waals surface area (Å²) in [6.45, 7) is 6.02. The molecule has 1 fully saturated rings. The number of rotatable bonds is 3. The van der Waals surface area contributed by atoms with Gasteiger partial charge < -0.3 is 10.1 Å². The van der Waals surface area contributed by atoms with E-state index in [0.29, 0.717) is 12.3 Å². The second-order valence-electron chi connectivity index (χ2n) is 3.07. The zero-order valence-corrected chi connectivity index (χ0v) is 6.81. The first-order valence-electron chi connectivity index (χ1n) is 4.16. The summed E-state index contributed by atoms with van der Waals surface area (Å²) in [5, 5.41) is 3.30. The Bertz CT molecular complexity index is 148. The van der Waals surface area contributed by atoms with E-state index in [9.17, 15) is 4.79 Å². The summed E-state index contributed by atoms with van der Waals surface area (Å²) in [4.78, 5) is 10.2. The Morgan fingerprint density at radius 3 is 3.09 bits per heavy atom. The highest BCUT2D eigenvalue weighted by atomic mass is 16.1. The zero-order chi connectivity index (χ0) is 8.10. The topological polar surface area (TPSA) is 29.1 Å². The van der Waals surface area contributed by atoms with Crippen LogP contribution in [0.4, 0.5) is 0 Å². The van der Waals surface area contributed by atoms with Crippen LogP contribution < -0.4 is 5.32 Å². The van der Waals surface area contributed by atoms with Crippen LogP contribution in [0.5, 0.6) is 0 Å². The summed E-state index contributed by atoms with van der Waals surface area (Å²) in [5.41, 5.74) is 1.09. The number of nitrogens with one attached hydrogen (secondary N) is 1. The van der Waals surface area contributed by atoms with Gasteiger partial charge in [-0.05, 0) is 25.3 Å². The highest BCUT2D eigenvalue weighted by Gasteiger charge is 2.14. The van der Waals surface area contributed by atoms with Gasteiger partial charge in [-0.2, -0.15) is 0 Å². The largest absolute Gasteiger partial charge is 0.316 e. The van der Waals surface area contributed by atoms with Gasteiger partial charge in [0.2, 0.25) is 0 Å². The Kier molecular flexibility index (Phi) is 3.30. The predicted molar refractivity (Wildman–Crippen MR) is 45.4 cm³/mol. The van der Waals surface area contributed by atoms with Crippen LogP contribution in [0.3, 0.4) is 0 Å². The Hall–Kier alpha value is -0.630. The van der Waals surface area contributed by atoms with E-state index in [1.54, 1.807) is 0 Å². The van der Waals surface area contributed by atoms with Crippen molar-refractivity contribution in [3.8, 4) is 0 Å². The van der Waals surface area contributed by atoms with Gasteiger partial charge in [-0.25, -0.2) is 0 Å². The minimum atomic E-state index is 0.534. The smallest absolute Gasteiger partial charge is 0.124 e. The van der Waals surface area contributed by atoms with Gasteiger partial charge in [0.15, 0.2) is 0 Å². The first kappa shape index (κ1) is 8.47. The van der Waals surface area contributed by atoms with Crippen LogP contribution in [-0.4, -0.2) is 19.4 Å². The molecule has 1 aliphatic rings. The minimum Gasteiger partial charge on any atom is -0.316 e. The molecule has 1 rings (SSSR count). The van der Waals surface area contributed by atoms with Crippen molar-refractivity contribution >= 4 is 6.29 Å². The standard InChI is InChI=1S/C9H15NO/c1-8(4-6-11)9-3-2-5-10-7-9/h6,9-10H,1-5,7H2. The molecular weight excluding hydrogens is 138 g/mol. The molecule has 0 aromatic carbocycles. The van der Waals surface area contributed by atoms with E-state index >= 15 is 0 Å². The van der Waals surface area contributed by atoms with E-state index < -0.39 is 0 Å². The lowest BCUT2D eigenvalue weighted by atomic mass is 9.91. The third-order valence-electron chi connectivity index (χ3n) is 2.22. The van der Waals surface area contributed by atoms with Gasteiger partial charge in [-0.15, -0.1) is 0 Å². The molecule has 0 bridgehead atoms. The predicted octanol–water partition coefficient (Wildman–Crippen LogP) is 1.13. The second-order valence-corrected chi connectivity index (χ2v) is 3.07. The number of carbonyl (C=O) groups is 1. The molecule has 62 valence electrons. The maximum atomic E-state index is 10.2. The highest BCUT2D eigenvalue weighted by molar-refractivity contribution is 5.54. The van der Waals surface area contributed by atoms with Gasteiger partial charge in [-0.1, -0.05) is 12.2 Å². The lowest BCUT2D eigenvalue weighted by Gasteiger charge is -2.23. The fourth-order valence-electron chi connectivity index (χ4n) is 1.47. The van der Waals surface area contributed by atoms with Crippen LogP contribution >= 0.6 is 0 Å². The van der Waals surface area contributed by atoms with Crippen LogP contribution in [0, 0.1) is 5.92 Å². The molecule has 0 saturated carbocycles. The summed E-state index contributed by atoms with van der Waals surface area (Å²) in [7, 11) is 0. The zero-order valence-electron chi connectivity index (χ0n) is 6.81. The third kappa shape index (κ3) is 2.46. The molecule has 2 nitrogen and oxygen atoms in total. The molecule has 1 heterocycles. The van der Waals surface area contributed by atoms with Crippen molar-refractivity contribution in [3.63, 3.8) is 0 Å². The SMILES string of the molecule is C=C(CC=O)C1CCCNC1. The molecule has 0 spiro atoms. The second kappa shape index (κ2) is 4.29. The molecule has 0 radical (unpaired) electrons. The lowest BCUT2D eigenvalue weighted by molar-refractivity contribution is -0.107. The van der Waals surface area contributed by atoms with Crippen LogP contribution in [0.25, 0.3) is 0 Å². The molecule has 0 aromatic heterocycles. The van der Waals surface area contributed by atoms with Crippen molar-refractivity contribution in [1.82, 2.24) is 5.32 Å². The van der Waals surface area contributed by atoms with Gasteiger partial charge in [0.1, 0.15) is 6.29 Å². The molecule has 1 saturated heterocycles. The third-order valence-corrected chi connectivity index (χ3v) is 2.22. The molecule has 0 aromatic rings. The molecule has 0 aliphatic carbocycles. The summed E-state index contributed by atoms with van der Waals surface area (Å²) in [6.07, 6.45) is 3.88. The average Bonchev–Trinajstić information content (AvgIpc) is 2.07. The Balaban J connectivity index is 2.32. The van der Waals surface area contributed by atoms with Crippen molar-refractivity contribution in [2.45, 2.75) is 19.3 Å². The van der Waals surface area contributed by atoms with Gasteiger partial charge in [0.25, 0.3) is 0 Å². The normalized spacial score (nSPS) is 24.5. The maximum absolute atomic E-state index is 10.2. The fraction of sp³-hybridized carbons (Fsp3) is 0.667. The van der Waals surface area contributed by atoms with Gasteiger partial charge >= 0.3 is 0 Å². The quantitative estimate of drug-likeness (QED) is 0.486.